The fraction of sp³-hybridized carbons (Fsp3) is 0. The Morgan fingerprint density at radius 3 is 1.47 bits per heavy atom. The number of hydrogen-bond acceptors (Lipinski definition) is 1. The van der Waals surface area contributed by atoms with Gasteiger partial charge in [-0.2, -0.15) is 0 Å². The van der Waals surface area contributed by atoms with Crippen molar-refractivity contribution in [1.82, 2.24) is 0 Å². The van der Waals surface area contributed by atoms with E-state index in [9.17, 15) is 2.74 Å². The normalized spacial score (nSPS) is 16.5. The van der Waals surface area contributed by atoms with Crippen LogP contribution in [-0.2, 0) is 0 Å². The first-order valence-corrected chi connectivity index (χ1v) is 14.1. The fourth-order valence-corrected chi connectivity index (χ4v) is 6.21. The average Bonchev–Trinajstić information content (AvgIpc) is 3.66. The highest BCUT2D eigenvalue weighted by Crippen LogP contribution is 2.49. The molecule has 45 heavy (non-hydrogen) atoms. The molecule has 210 valence electrons. The second kappa shape index (κ2) is 10.4. The van der Waals surface area contributed by atoms with Crippen LogP contribution in [0.2, 0.25) is 0 Å². The summed E-state index contributed by atoms with van der Waals surface area (Å²) >= 11 is 0. The van der Waals surface area contributed by atoms with Crippen molar-refractivity contribution in [3.05, 3.63) is 169 Å². The van der Waals surface area contributed by atoms with Gasteiger partial charge in [-0.25, -0.2) is 0 Å². The van der Waals surface area contributed by atoms with Crippen molar-refractivity contribution in [2.75, 3.05) is 0 Å². The van der Waals surface area contributed by atoms with Crippen LogP contribution in [0.5, 0.6) is 0 Å². The molecule has 0 saturated carbocycles. The van der Waals surface area contributed by atoms with Gasteiger partial charge in [-0.05, 0) is 72.6 Å². The molecule has 0 radical (unpaired) electrons. The molecule has 9 aromatic rings. The molecule has 0 amide bonds. The number of hydrogen-bond donors (Lipinski definition) is 0. The summed E-state index contributed by atoms with van der Waals surface area (Å²) in [7, 11) is 0. The Bertz CT molecular complexity index is 3330. The van der Waals surface area contributed by atoms with Crippen LogP contribution in [0.1, 0.15) is 21.9 Å². The molecular formula is C44H28O. The van der Waals surface area contributed by atoms with E-state index in [0.29, 0.717) is 43.8 Å². The second-order valence-corrected chi connectivity index (χ2v) is 10.4. The van der Waals surface area contributed by atoms with Gasteiger partial charge in [0.15, 0.2) is 0 Å². The summed E-state index contributed by atoms with van der Waals surface area (Å²) in [5, 5.41) is 2.01. The van der Waals surface area contributed by atoms with Gasteiger partial charge in [0.05, 0.1) is 21.9 Å². The van der Waals surface area contributed by atoms with Gasteiger partial charge in [0, 0.05) is 16.3 Å². The number of fused-ring (bicyclic) bond motifs is 5. The third kappa shape index (κ3) is 4.02. The summed E-state index contributed by atoms with van der Waals surface area (Å²) in [5.74, 6) is 0. The van der Waals surface area contributed by atoms with E-state index in [1.165, 1.54) is 0 Å². The van der Waals surface area contributed by atoms with E-state index in [4.69, 9.17) is 23.6 Å². The summed E-state index contributed by atoms with van der Waals surface area (Å²) in [6.07, 6.45) is 0. The van der Waals surface area contributed by atoms with Crippen molar-refractivity contribution in [1.29, 1.82) is 0 Å². The van der Waals surface area contributed by atoms with Crippen LogP contribution < -0.4 is 0 Å². The molecule has 0 saturated heterocycles. The summed E-state index contributed by atoms with van der Waals surface area (Å²) in [6, 6.07) is 12.2. The van der Waals surface area contributed by atoms with Crippen LogP contribution in [0, 0.1) is 0 Å². The van der Waals surface area contributed by atoms with Gasteiger partial charge in [-0.3, -0.25) is 0 Å². The Balaban J connectivity index is 1.51. The van der Waals surface area contributed by atoms with E-state index in [1.54, 1.807) is 60.7 Å². The molecule has 0 unspecified atom stereocenters. The molecule has 0 N–H and O–H groups in total. The fourth-order valence-electron chi connectivity index (χ4n) is 6.21. The van der Waals surface area contributed by atoms with Gasteiger partial charge >= 0.3 is 0 Å². The van der Waals surface area contributed by atoms with E-state index in [-0.39, 0.29) is 50.7 Å². The predicted molar refractivity (Wildman–Crippen MR) is 190 cm³/mol. The third-order valence-electron chi connectivity index (χ3n) is 8.02. The molecule has 0 aliphatic heterocycles. The molecule has 0 fully saturated rings. The first kappa shape index (κ1) is 14.2. The summed E-state index contributed by atoms with van der Waals surface area (Å²) in [4.78, 5) is 0. The van der Waals surface area contributed by atoms with Crippen molar-refractivity contribution < 1.29 is 26.3 Å². The third-order valence-corrected chi connectivity index (χ3v) is 8.02. The lowest BCUT2D eigenvalue weighted by Gasteiger charge is -2.20. The Morgan fingerprint density at radius 2 is 0.844 bits per heavy atom. The molecular weight excluding hydrogens is 544 g/mol. The van der Waals surface area contributed by atoms with E-state index in [1.807, 2.05) is 12.1 Å². The van der Waals surface area contributed by atoms with Crippen molar-refractivity contribution >= 4 is 43.5 Å². The number of benzene rings is 8. The largest absolute Gasteiger partial charge is 0.455 e. The highest BCUT2D eigenvalue weighted by molar-refractivity contribution is 6.27. The molecule has 1 nitrogen and oxygen atoms in total. The maximum Gasteiger partial charge on any atom is 0.143 e. The van der Waals surface area contributed by atoms with E-state index in [2.05, 4.69) is 0 Å². The van der Waals surface area contributed by atoms with Gasteiger partial charge in [0.2, 0.25) is 0 Å². The maximum absolute atomic E-state index is 9.78. The first-order chi connectivity index (χ1) is 29.0. The Hall–Kier alpha value is -5.92. The van der Waals surface area contributed by atoms with Crippen LogP contribution in [-0.4, -0.2) is 0 Å². The number of furan rings is 1. The molecule has 0 aliphatic carbocycles. The van der Waals surface area contributed by atoms with E-state index >= 15 is 0 Å². The van der Waals surface area contributed by atoms with Crippen molar-refractivity contribution in [2.24, 2.45) is 0 Å². The van der Waals surface area contributed by atoms with Crippen LogP contribution in [0.3, 0.4) is 0 Å². The lowest BCUT2D eigenvalue weighted by atomic mass is 9.83. The molecule has 1 aromatic heterocycles. The van der Waals surface area contributed by atoms with Gasteiger partial charge in [0.1, 0.15) is 11.2 Å². The van der Waals surface area contributed by atoms with Gasteiger partial charge in [-0.1, -0.05) is 157 Å². The lowest BCUT2D eigenvalue weighted by molar-refractivity contribution is 0.670. The molecule has 1 heteroatoms. The monoisotopic (exact) mass is 588 g/mol. The molecule has 0 atom stereocenters. The van der Waals surface area contributed by atoms with Crippen molar-refractivity contribution in [3.8, 4) is 44.5 Å². The number of rotatable bonds is 4. The van der Waals surface area contributed by atoms with Crippen LogP contribution in [0.25, 0.3) is 88.0 Å². The predicted octanol–water partition coefficient (Wildman–Crippen LogP) is 12.6. The highest BCUT2D eigenvalue weighted by atomic mass is 16.3. The molecule has 0 bridgehead atoms. The summed E-state index contributed by atoms with van der Waals surface area (Å²) < 4.78 is 146. The Morgan fingerprint density at radius 1 is 0.378 bits per heavy atom. The minimum atomic E-state index is -0.698. The second-order valence-electron chi connectivity index (χ2n) is 10.4. The quantitative estimate of drug-likeness (QED) is 0.186. The van der Waals surface area contributed by atoms with Crippen LogP contribution >= 0.6 is 0 Å². The number of para-hydroxylation sites is 1. The van der Waals surface area contributed by atoms with Crippen LogP contribution in [0.15, 0.2) is 174 Å². The summed E-state index contributed by atoms with van der Waals surface area (Å²) in [5.41, 5.74) is 0.488. The standard InChI is InChI=1S/C44H28O/c1-3-15-29(16-4-1)31-19-7-8-20-33(31)41-34-21-9-11-23-36(34)42(37-24-12-10-22-35(37)41)39-28-27-32(30-17-5-2-6-18-30)44-43(39)38-25-13-14-26-40(38)45-44/h1-28H/i1D,2D,3D,4D,5D,6D,13D,14D,15D,16D,17D,18D,25D,26D,27D,28D. The van der Waals surface area contributed by atoms with Crippen molar-refractivity contribution in [3.63, 3.8) is 0 Å². The Kier molecular flexibility index (Phi) is 3.28. The maximum atomic E-state index is 9.78. The minimum absolute atomic E-state index is 0.00456. The van der Waals surface area contributed by atoms with Crippen molar-refractivity contribution in [2.45, 2.75) is 0 Å². The van der Waals surface area contributed by atoms with Gasteiger partial charge in [0.25, 0.3) is 0 Å². The zero-order valence-electron chi connectivity index (χ0n) is 39.3. The topological polar surface area (TPSA) is 13.1 Å². The summed E-state index contributed by atoms with van der Waals surface area (Å²) in [6.45, 7) is 0. The molecule has 9 rings (SSSR count). The molecule has 0 spiro atoms. The first-order valence-electron chi connectivity index (χ1n) is 22.1. The zero-order valence-corrected chi connectivity index (χ0v) is 23.3. The minimum Gasteiger partial charge on any atom is -0.455 e. The average molecular weight is 589 g/mol. The van der Waals surface area contributed by atoms with E-state index in [0.717, 1.165) is 0 Å². The zero-order chi connectivity index (χ0) is 43.7. The smallest absolute Gasteiger partial charge is 0.143 e. The highest BCUT2D eigenvalue weighted by Gasteiger charge is 2.22. The lowest BCUT2D eigenvalue weighted by Crippen LogP contribution is -1.93. The van der Waals surface area contributed by atoms with Gasteiger partial charge < -0.3 is 4.42 Å². The van der Waals surface area contributed by atoms with Crippen LogP contribution in [0.4, 0.5) is 0 Å². The van der Waals surface area contributed by atoms with E-state index < -0.39 is 90.2 Å². The molecule has 8 aromatic carbocycles. The SMILES string of the molecule is [2H]c1c([2H])c([2H])c(-c2ccccc2-c2c3ccccc3c(-c3c([2H])c([2H])c(-c4c([2H])c([2H])c([2H])c([2H])c4[2H])c4oc5c([2H])c([2H])c([2H])c([2H])c5c34)c3ccccc23)c([2H])c1[2H]. The van der Waals surface area contributed by atoms with Gasteiger partial charge in [-0.15, -0.1) is 0 Å². The molecule has 1 heterocycles. The Labute approximate surface area is 284 Å². The molecule has 0 aliphatic rings.